The second kappa shape index (κ2) is 7.79. The number of aryl methyl sites for hydroxylation is 1. The summed E-state index contributed by atoms with van der Waals surface area (Å²) in [5.41, 5.74) is 6.85. The highest BCUT2D eigenvalue weighted by atomic mass is 19.4. The third-order valence-electron chi connectivity index (χ3n) is 4.90. The van der Waals surface area contributed by atoms with Gasteiger partial charge in [0.2, 0.25) is 0 Å². The van der Waals surface area contributed by atoms with E-state index < -0.39 is 17.9 Å². The molecule has 2 aromatic carbocycles. The fourth-order valence-electron chi connectivity index (χ4n) is 3.34. The molecule has 0 unspecified atom stereocenters. The number of alkyl halides is 3. The van der Waals surface area contributed by atoms with Gasteiger partial charge in [-0.2, -0.15) is 13.2 Å². The number of pyridine rings is 1. The summed E-state index contributed by atoms with van der Waals surface area (Å²) in [6.07, 6.45) is -3.66. The predicted octanol–water partition coefficient (Wildman–Crippen LogP) is 4.96. The summed E-state index contributed by atoms with van der Waals surface area (Å²) in [4.78, 5) is 4.39. The second-order valence-corrected chi connectivity index (χ2v) is 6.68. The number of anilines is 1. The summed E-state index contributed by atoms with van der Waals surface area (Å²) in [6, 6.07) is 7.56. The summed E-state index contributed by atoms with van der Waals surface area (Å²) in [7, 11) is 3.07. The van der Waals surface area contributed by atoms with Crippen LogP contribution in [0.3, 0.4) is 0 Å². The molecule has 0 fully saturated rings. The molecule has 0 bridgehead atoms. The van der Waals surface area contributed by atoms with Crippen molar-refractivity contribution in [2.45, 2.75) is 26.2 Å². The lowest BCUT2D eigenvalue weighted by Gasteiger charge is -2.21. The van der Waals surface area contributed by atoms with Crippen LogP contribution < -0.4 is 20.5 Å². The molecule has 3 aromatic rings. The Hall–Kier alpha value is -3.00. The van der Waals surface area contributed by atoms with Crippen LogP contribution in [0.2, 0.25) is 0 Å². The first-order valence-electron chi connectivity index (χ1n) is 8.87. The van der Waals surface area contributed by atoms with Crippen LogP contribution in [0.4, 0.5) is 19.0 Å². The van der Waals surface area contributed by atoms with Crippen molar-refractivity contribution in [3.05, 3.63) is 58.8 Å². The van der Waals surface area contributed by atoms with Gasteiger partial charge < -0.3 is 20.5 Å². The van der Waals surface area contributed by atoms with E-state index in [1.54, 1.807) is 25.4 Å². The Labute approximate surface area is 166 Å². The van der Waals surface area contributed by atoms with E-state index in [2.05, 4.69) is 10.3 Å². The average Bonchev–Trinajstić information content (AvgIpc) is 2.68. The molecule has 0 saturated heterocycles. The van der Waals surface area contributed by atoms with Crippen LogP contribution in [0.15, 0.2) is 36.5 Å². The van der Waals surface area contributed by atoms with Gasteiger partial charge in [-0.15, -0.1) is 0 Å². The third kappa shape index (κ3) is 3.93. The van der Waals surface area contributed by atoms with E-state index in [1.165, 1.54) is 20.1 Å². The molecule has 0 aliphatic carbocycles. The average molecular weight is 405 g/mol. The van der Waals surface area contributed by atoms with Crippen molar-refractivity contribution in [2.75, 3.05) is 19.5 Å². The summed E-state index contributed by atoms with van der Waals surface area (Å²) in [5.74, 6) is 1.52. The Morgan fingerprint density at radius 1 is 1.03 bits per heavy atom. The zero-order chi connectivity index (χ0) is 21.3. The molecule has 8 heteroatoms. The zero-order valence-electron chi connectivity index (χ0n) is 16.5. The quantitative estimate of drug-likeness (QED) is 0.588. The SMILES string of the molecule is COc1cc2c(C)cnc(N[C@H](N)c3cccc(C(F)(F)F)c3C)c2cc1OC. The van der Waals surface area contributed by atoms with E-state index in [0.29, 0.717) is 22.9 Å². The molecule has 3 N–H and O–H groups in total. The maximum Gasteiger partial charge on any atom is 0.416 e. The number of nitrogens with two attached hydrogens (primary N) is 1. The van der Waals surface area contributed by atoms with Crippen LogP contribution in [-0.4, -0.2) is 19.2 Å². The van der Waals surface area contributed by atoms with Gasteiger partial charge in [-0.3, -0.25) is 0 Å². The Morgan fingerprint density at radius 3 is 2.24 bits per heavy atom. The number of hydrogen-bond acceptors (Lipinski definition) is 5. The Morgan fingerprint density at radius 2 is 1.66 bits per heavy atom. The highest BCUT2D eigenvalue weighted by molar-refractivity contribution is 5.96. The first-order valence-corrected chi connectivity index (χ1v) is 8.87. The molecule has 0 spiro atoms. The molecule has 5 nitrogen and oxygen atoms in total. The number of halogens is 3. The number of hydrogen-bond donors (Lipinski definition) is 2. The molecule has 1 atom stereocenters. The number of fused-ring (bicyclic) bond motifs is 1. The Balaban J connectivity index is 2.06. The summed E-state index contributed by atoms with van der Waals surface area (Å²) >= 11 is 0. The molecule has 1 aromatic heterocycles. The first-order chi connectivity index (χ1) is 13.7. The smallest absolute Gasteiger partial charge is 0.416 e. The van der Waals surface area contributed by atoms with Crippen molar-refractivity contribution in [3.63, 3.8) is 0 Å². The minimum atomic E-state index is -4.45. The summed E-state index contributed by atoms with van der Waals surface area (Å²) in [6.45, 7) is 3.32. The van der Waals surface area contributed by atoms with E-state index in [1.807, 2.05) is 13.0 Å². The highest BCUT2D eigenvalue weighted by Gasteiger charge is 2.33. The van der Waals surface area contributed by atoms with Crippen LogP contribution in [0, 0.1) is 13.8 Å². The topological polar surface area (TPSA) is 69.4 Å². The Kier molecular flexibility index (Phi) is 5.57. The zero-order valence-corrected chi connectivity index (χ0v) is 16.5. The largest absolute Gasteiger partial charge is 0.493 e. The first kappa shape index (κ1) is 20.7. The summed E-state index contributed by atoms with van der Waals surface area (Å²) < 4.78 is 50.4. The van der Waals surface area contributed by atoms with Crippen molar-refractivity contribution >= 4 is 16.6 Å². The van der Waals surface area contributed by atoms with E-state index in [0.717, 1.165) is 22.4 Å². The van der Waals surface area contributed by atoms with Gasteiger partial charge in [0.25, 0.3) is 0 Å². The molecule has 154 valence electrons. The lowest BCUT2D eigenvalue weighted by atomic mass is 10.00. The number of nitrogens with one attached hydrogen (secondary N) is 1. The fraction of sp³-hybridized carbons (Fsp3) is 0.286. The molecular weight excluding hydrogens is 383 g/mol. The molecule has 29 heavy (non-hydrogen) atoms. The van der Waals surface area contributed by atoms with Crippen LogP contribution in [0.1, 0.15) is 28.4 Å². The fourth-order valence-corrected chi connectivity index (χ4v) is 3.34. The van der Waals surface area contributed by atoms with E-state index >= 15 is 0 Å². The minimum Gasteiger partial charge on any atom is -0.493 e. The second-order valence-electron chi connectivity index (χ2n) is 6.68. The van der Waals surface area contributed by atoms with E-state index in [-0.39, 0.29) is 5.56 Å². The molecule has 0 aliphatic heterocycles. The minimum absolute atomic E-state index is 0.0793. The van der Waals surface area contributed by atoms with Crippen molar-refractivity contribution in [3.8, 4) is 11.5 Å². The van der Waals surface area contributed by atoms with Crippen LogP contribution >= 0.6 is 0 Å². The van der Waals surface area contributed by atoms with Gasteiger partial charge in [-0.1, -0.05) is 12.1 Å². The van der Waals surface area contributed by atoms with Gasteiger partial charge in [-0.25, -0.2) is 4.98 Å². The number of nitrogens with zero attached hydrogens (tertiary/aromatic N) is 1. The van der Waals surface area contributed by atoms with E-state index in [4.69, 9.17) is 15.2 Å². The third-order valence-corrected chi connectivity index (χ3v) is 4.90. The van der Waals surface area contributed by atoms with Crippen LogP contribution in [-0.2, 0) is 6.18 Å². The maximum atomic E-state index is 13.2. The van der Waals surface area contributed by atoms with Crippen LogP contribution in [0.25, 0.3) is 10.8 Å². The molecule has 0 radical (unpaired) electrons. The van der Waals surface area contributed by atoms with E-state index in [9.17, 15) is 13.2 Å². The molecular formula is C21H22F3N3O2. The van der Waals surface area contributed by atoms with Crippen molar-refractivity contribution in [1.82, 2.24) is 4.98 Å². The molecule has 0 amide bonds. The number of ether oxygens (including phenoxy) is 2. The molecule has 1 heterocycles. The normalized spacial score (nSPS) is 12.7. The summed E-state index contributed by atoms with van der Waals surface area (Å²) in [5, 5.41) is 4.63. The van der Waals surface area contributed by atoms with Crippen molar-refractivity contribution in [2.24, 2.45) is 5.73 Å². The van der Waals surface area contributed by atoms with Gasteiger partial charge in [0.15, 0.2) is 11.5 Å². The van der Waals surface area contributed by atoms with Gasteiger partial charge in [-0.05, 0) is 54.1 Å². The number of aromatic nitrogens is 1. The number of methoxy groups -OCH3 is 2. The molecule has 3 rings (SSSR count). The maximum absolute atomic E-state index is 13.2. The number of benzene rings is 2. The molecule has 0 saturated carbocycles. The lowest BCUT2D eigenvalue weighted by Crippen LogP contribution is -2.23. The standard InChI is InChI=1S/C21H22F3N3O2/c1-11-10-26-20(15-9-18(29-4)17(28-3)8-14(11)15)27-19(25)13-6-5-7-16(12(13)2)21(22,23)24/h5-10,19H,25H2,1-4H3,(H,26,27)/t19-/m0/s1. The van der Waals surface area contributed by atoms with Crippen molar-refractivity contribution in [1.29, 1.82) is 0 Å². The molecule has 0 aliphatic rings. The highest BCUT2D eigenvalue weighted by Crippen LogP contribution is 2.38. The number of rotatable bonds is 5. The predicted molar refractivity (Wildman–Crippen MR) is 106 cm³/mol. The monoisotopic (exact) mass is 405 g/mol. The van der Waals surface area contributed by atoms with Gasteiger partial charge in [0.05, 0.1) is 19.8 Å². The Bertz CT molecular complexity index is 1050. The lowest BCUT2D eigenvalue weighted by molar-refractivity contribution is -0.138. The van der Waals surface area contributed by atoms with Gasteiger partial charge in [0.1, 0.15) is 12.0 Å². The van der Waals surface area contributed by atoms with Gasteiger partial charge in [0, 0.05) is 11.6 Å². The van der Waals surface area contributed by atoms with Crippen molar-refractivity contribution < 1.29 is 22.6 Å². The van der Waals surface area contributed by atoms with Crippen LogP contribution in [0.5, 0.6) is 11.5 Å². The van der Waals surface area contributed by atoms with Gasteiger partial charge >= 0.3 is 6.18 Å².